The van der Waals surface area contributed by atoms with Crippen LogP contribution in [0.4, 0.5) is 0 Å². The van der Waals surface area contributed by atoms with E-state index in [0.717, 1.165) is 54.6 Å². The van der Waals surface area contributed by atoms with Gasteiger partial charge in [0.05, 0.1) is 12.3 Å². The van der Waals surface area contributed by atoms with E-state index in [-0.39, 0.29) is 23.0 Å². The van der Waals surface area contributed by atoms with Gasteiger partial charge in [-0.05, 0) is 71.8 Å². The highest BCUT2D eigenvalue weighted by atomic mass is 15.0. The summed E-state index contributed by atoms with van der Waals surface area (Å²) in [4.78, 5) is 14.7. The number of nitrogens with zero attached hydrogens (tertiary/aromatic N) is 3. The van der Waals surface area contributed by atoms with Gasteiger partial charge in [0.2, 0.25) is 0 Å². The van der Waals surface area contributed by atoms with Gasteiger partial charge >= 0.3 is 0 Å². The van der Waals surface area contributed by atoms with Crippen molar-refractivity contribution in [3.63, 3.8) is 0 Å². The molecule has 1 heterocycles. The van der Waals surface area contributed by atoms with E-state index in [1.54, 1.807) is 0 Å². The third-order valence-corrected chi connectivity index (χ3v) is 9.69. The summed E-state index contributed by atoms with van der Waals surface area (Å²) in [5, 5.41) is 6.79. The molecule has 1 aromatic heterocycles. The van der Waals surface area contributed by atoms with E-state index in [4.69, 9.17) is 24.5 Å². The van der Waals surface area contributed by atoms with Crippen molar-refractivity contribution in [1.29, 1.82) is 0 Å². The van der Waals surface area contributed by atoms with Crippen molar-refractivity contribution < 1.29 is 12.3 Å². The van der Waals surface area contributed by atoms with Crippen molar-refractivity contribution in [1.82, 2.24) is 15.0 Å². The smallest absolute Gasteiger partial charge is 0.164 e. The Hall–Kier alpha value is -7.23. The van der Waals surface area contributed by atoms with Crippen molar-refractivity contribution in [2.24, 2.45) is 0 Å². The lowest BCUT2D eigenvalue weighted by atomic mass is 9.89. The lowest BCUT2D eigenvalue weighted by molar-refractivity contribution is 1.07. The second-order valence-corrected chi connectivity index (χ2v) is 12.9. The molecular formula is C51H33N3. The Morgan fingerprint density at radius 3 is 1.67 bits per heavy atom. The molecule has 0 aliphatic carbocycles. The topological polar surface area (TPSA) is 38.7 Å². The molecule has 0 atom stereocenters. The highest BCUT2D eigenvalue weighted by Gasteiger charge is 2.17. The monoisotopic (exact) mass is 696 g/mol. The Labute approximate surface area is 326 Å². The standard InChI is InChI=1S/C51H33N3/c1-3-13-34(14-4-1)35-23-27-39(28-24-35)49-52-50(54-51(53-49)46-22-12-11-19-42(46)36-15-5-2-6-16-36)40-29-25-38(26-30-40)48-44-21-10-8-18-41(44)33-47-43-20-9-7-17-37(43)31-32-45(47)48/h1-33H/i1D,3D,4D,13D,14D,23D,24D,27D,28D. The summed E-state index contributed by atoms with van der Waals surface area (Å²) in [6.07, 6.45) is 0. The first kappa shape index (κ1) is 23.4. The second-order valence-electron chi connectivity index (χ2n) is 12.9. The summed E-state index contributed by atoms with van der Waals surface area (Å²) >= 11 is 0. The van der Waals surface area contributed by atoms with Gasteiger partial charge in [0.25, 0.3) is 0 Å². The van der Waals surface area contributed by atoms with Crippen LogP contribution < -0.4 is 0 Å². The van der Waals surface area contributed by atoms with E-state index in [0.29, 0.717) is 11.1 Å². The van der Waals surface area contributed by atoms with Gasteiger partial charge in [0.1, 0.15) is 0 Å². The van der Waals surface area contributed by atoms with Crippen molar-refractivity contribution >= 4 is 32.3 Å². The number of aromatic nitrogens is 3. The molecular weight excluding hydrogens is 655 g/mol. The van der Waals surface area contributed by atoms with E-state index >= 15 is 0 Å². The highest BCUT2D eigenvalue weighted by molar-refractivity contribution is 6.20. The third kappa shape index (κ3) is 5.69. The van der Waals surface area contributed by atoms with E-state index in [1.165, 1.54) is 0 Å². The minimum atomic E-state index is -0.649. The van der Waals surface area contributed by atoms with E-state index in [1.807, 2.05) is 97.1 Å². The van der Waals surface area contributed by atoms with Crippen LogP contribution in [0.2, 0.25) is 0 Å². The molecule has 54 heavy (non-hydrogen) atoms. The van der Waals surface area contributed by atoms with E-state index in [9.17, 15) is 2.74 Å². The van der Waals surface area contributed by atoms with Gasteiger partial charge in [-0.25, -0.2) is 15.0 Å². The summed E-state index contributed by atoms with van der Waals surface area (Å²) in [6.45, 7) is 0. The summed E-state index contributed by atoms with van der Waals surface area (Å²) in [7, 11) is 0. The number of fused-ring (bicyclic) bond motifs is 4. The minimum absolute atomic E-state index is 0.126. The Bertz CT molecular complexity index is 3450. The Morgan fingerprint density at radius 1 is 0.315 bits per heavy atom. The van der Waals surface area contributed by atoms with E-state index < -0.39 is 65.5 Å². The zero-order valence-electron chi connectivity index (χ0n) is 37.7. The molecule has 3 nitrogen and oxygen atoms in total. The van der Waals surface area contributed by atoms with Gasteiger partial charge in [-0.3, -0.25) is 0 Å². The normalized spacial score (nSPS) is 13.7. The maximum Gasteiger partial charge on any atom is 0.164 e. The predicted molar refractivity (Wildman–Crippen MR) is 225 cm³/mol. The lowest BCUT2D eigenvalue weighted by Gasteiger charge is -2.15. The molecule has 0 aliphatic rings. The maximum atomic E-state index is 9.24. The van der Waals surface area contributed by atoms with E-state index in [2.05, 4.69) is 48.5 Å². The van der Waals surface area contributed by atoms with Crippen LogP contribution in [0.5, 0.6) is 0 Å². The van der Waals surface area contributed by atoms with Gasteiger partial charge in [-0.2, -0.15) is 0 Å². The number of benzene rings is 9. The molecule has 252 valence electrons. The van der Waals surface area contributed by atoms with Crippen molar-refractivity contribution in [3.8, 4) is 67.5 Å². The SMILES string of the molecule is [2H]c1c([2H])c([2H])c(-c2c([2H])c([2H])c(-c3nc(-c4ccc(-c5c6ccccc6cc6c5ccc5ccccc56)cc4)nc(-c4ccccc4-c4ccccc4)n3)c([2H])c2[2H])c([2H])c1[2H]. The van der Waals surface area contributed by atoms with Crippen LogP contribution in [0.25, 0.3) is 99.9 Å². The van der Waals surface area contributed by atoms with Crippen LogP contribution >= 0.6 is 0 Å². The molecule has 0 saturated heterocycles. The molecule has 10 aromatic rings. The Morgan fingerprint density at radius 2 is 0.889 bits per heavy atom. The molecule has 0 saturated carbocycles. The van der Waals surface area contributed by atoms with Crippen molar-refractivity contribution in [2.45, 2.75) is 0 Å². The first-order valence-electron chi connectivity index (χ1n) is 22.0. The lowest BCUT2D eigenvalue weighted by Crippen LogP contribution is -2.01. The minimum Gasteiger partial charge on any atom is -0.208 e. The fourth-order valence-corrected chi connectivity index (χ4v) is 7.13. The molecule has 10 rings (SSSR count). The zero-order valence-corrected chi connectivity index (χ0v) is 28.7. The quantitative estimate of drug-likeness (QED) is 0.128. The van der Waals surface area contributed by atoms with Crippen molar-refractivity contribution in [3.05, 3.63) is 200 Å². The van der Waals surface area contributed by atoms with Crippen LogP contribution in [0.3, 0.4) is 0 Å². The summed E-state index contributed by atoms with van der Waals surface area (Å²) < 4.78 is 78.2. The van der Waals surface area contributed by atoms with Crippen LogP contribution in [0.15, 0.2) is 200 Å². The van der Waals surface area contributed by atoms with Crippen LogP contribution in [-0.4, -0.2) is 15.0 Å². The number of hydrogen-bond donors (Lipinski definition) is 0. The molecule has 0 radical (unpaired) electrons. The van der Waals surface area contributed by atoms with Gasteiger partial charge in [0.15, 0.2) is 17.5 Å². The average molecular weight is 697 g/mol. The maximum absolute atomic E-state index is 9.24. The third-order valence-electron chi connectivity index (χ3n) is 9.69. The van der Waals surface area contributed by atoms with Crippen LogP contribution in [0.1, 0.15) is 12.3 Å². The largest absolute Gasteiger partial charge is 0.208 e. The molecule has 9 aromatic carbocycles. The first-order valence-corrected chi connectivity index (χ1v) is 17.5. The summed E-state index contributed by atoms with van der Waals surface area (Å²) in [5.74, 6) is 0.334. The van der Waals surface area contributed by atoms with Crippen molar-refractivity contribution in [2.75, 3.05) is 0 Å². The fraction of sp³-hybridized carbons (Fsp3) is 0. The molecule has 0 N–H and O–H groups in total. The average Bonchev–Trinajstić information content (AvgIpc) is 3.32. The molecule has 0 fully saturated rings. The second kappa shape index (κ2) is 13.4. The Balaban J connectivity index is 1.18. The molecule has 0 amide bonds. The number of hydrogen-bond acceptors (Lipinski definition) is 3. The molecule has 0 unspecified atom stereocenters. The van der Waals surface area contributed by atoms with Crippen LogP contribution in [-0.2, 0) is 0 Å². The summed E-state index contributed by atoms with van der Waals surface area (Å²) in [6, 6.07) is 43.0. The molecule has 3 heteroatoms. The molecule has 0 spiro atoms. The fourth-order valence-electron chi connectivity index (χ4n) is 7.13. The zero-order chi connectivity index (χ0) is 43.7. The van der Waals surface area contributed by atoms with Gasteiger partial charge in [-0.1, -0.05) is 194 Å². The summed E-state index contributed by atoms with van der Waals surface area (Å²) in [5.41, 5.74) is 3.97. The number of rotatable bonds is 6. The molecule has 0 aliphatic heterocycles. The highest BCUT2D eigenvalue weighted by Crippen LogP contribution is 2.40. The predicted octanol–water partition coefficient (Wildman–Crippen LogP) is 13.3. The van der Waals surface area contributed by atoms with Gasteiger partial charge in [-0.15, -0.1) is 0 Å². The van der Waals surface area contributed by atoms with Gasteiger partial charge < -0.3 is 0 Å². The Kier molecular flexibility index (Phi) is 5.79. The van der Waals surface area contributed by atoms with Crippen LogP contribution in [0, 0.1) is 0 Å². The van der Waals surface area contributed by atoms with Gasteiger partial charge in [0, 0.05) is 16.7 Å². The molecule has 0 bridgehead atoms. The first-order chi connectivity index (χ1) is 30.5.